The van der Waals surface area contributed by atoms with E-state index in [0.29, 0.717) is 12.5 Å². The average molecular weight is 487 g/mol. The second kappa shape index (κ2) is 13.4. The molecule has 0 saturated carbocycles. The highest BCUT2D eigenvalue weighted by molar-refractivity contribution is 5.98. The van der Waals surface area contributed by atoms with E-state index in [4.69, 9.17) is 18.9 Å². The molecule has 1 amide bonds. The maximum absolute atomic E-state index is 12.8. The maximum Gasteiger partial charge on any atom is 0.328 e. The number of hydrogen-bond donors (Lipinski definition) is 1. The molecule has 0 aliphatic rings. The first-order chi connectivity index (χ1) is 16.7. The predicted molar refractivity (Wildman–Crippen MR) is 129 cm³/mol. The molecule has 1 N–H and O–H groups in total. The molecule has 0 bridgehead atoms. The minimum atomic E-state index is -1.01. The van der Waals surface area contributed by atoms with Crippen molar-refractivity contribution in [3.05, 3.63) is 53.9 Å². The number of amides is 1. The second-order valence-electron chi connectivity index (χ2n) is 8.30. The lowest BCUT2D eigenvalue weighted by molar-refractivity contribution is -0.159. The summed E-state index contributed by atoms with van der Waals surface area (Å²) in [6.45, 7) is 9.14. The molecular formula is C26H34N2O7. The second-order valence-corrected chi connectivity index (χ2v) is 8.30. The van der Waals surface area contributed by atoms with Crippen molar-refractivity contribution in [2.45, 2.75) is 59.3 Å². The van der Waals surface area contributed by atoms with E-state index in [1.54, 1.807) is 6.92 Å². The summed E-state index contributed by atoms with van der Waals surface area (Å²) < 4.78 is 22.0. The number of nitrogens with one attached hydrogen (secondary N) is 1. The number of aromatic nitrogens is 1. The molecule has 0 aliphatic carbocycles. The molecule has 1 aromatic heterocycles. The van der Waals surface area contributed by atoms with Crippen molar-refractivity contribution in [1.82, 2.24) is 10.3 Å². The molecule has 190 valence electrons. The molecule has 0 radical (unpaired) electrons. The van der Waals surface area contributed by atoms with Gasteiger partial charge in [-0.25, -0.2) is 9.78 Å². The van der Waals surface area contributed by atoms with Crippen molar-refractivity contribution in [3.63, 3.8) is 0 Å². The number of pyridine rings is 1. The van der Waals surface area contributed by atoms with Crippen LogP contribution in [-0.4, -0.2) is 48.7 Å². The SMILES string of the molecule is CCC(C)CO[C@@H](c1ccccc1)[C@H](C)OC(=O)[C@H](C)NC(=O)c1nccc(OC)c1OC(C)=O. The van der Waals surface area contributed by atoms with Crippen LogP contribution in [0.25, 0.3) is 0 Å². The van der Waals surface area contributed by atoms with Crippen LogP contribution >= 0.6 is 0 Å². The lowest BCUT2D eigenvalue weighted by atomic mass is 10.0. The number of ether oxygens (including phenoxy) is 4. The van der Waals surface area contributed by atoms with E-state index in [1.807, 2.05) is 30.3 Å². The van der Waals surface area contributed by atoms with Gasteiger partial charge in [0, 0.05) is 19.2 Å². The van der Waals surface area contributed by atoms with Crippen LogP contribution in [0.4, 0.5) is 0 Å². The van der Waals surface area contributed by atoms with Gasteiger partial charge < -0.3 is 24.3 Å². The summed E-state index contributed by atoms with van der Waals surface area (Å²) in [5.41, 5.74) is 0.700. The molecule has 2 aromatic rings. The highest BCUT2D eigenvalue weighted by Gasteiger charge is 2.29. The zero-order chi connectivity index (χ0) is 26.0. The quantitative estimate of drug-likeness (QED) is 0.450. The number of hydrogen-bond acceptors (Lipinski definition) is 8. The van der Waals surface area contributed by atoms with Crippen molar-refractivity contribution in [3.8, 4) is 11.5 Å². The number of esters is 2. The third-order valence-electron chi connectivity index (χ3n) is 5.36. The van der Waals surface area contributed by atoms with Crippen LogP contribution in [0, 0.1) is 5.92 Å². The van der Waals surface area contributed by atoms with Gasteiger partial charge in [0.15, 0.2) is 11.4 Å². The lowest BCUT2D eigenvalue weighted by Gasteiger charge is -2.27. The Morgan fingerprint density at radius 2 is 1.74 bits per heavy atom. The van der Waals surface area contributed by atoms with Crippen molar-refractivity contribution in [2.24, 2.45) is 5.92 Å². The highest BCUT2D eigenvalue weighted by atomic mass is 16.6. The predicted octanol–water partition coefficient (Wildman–Crippen LogP) is 3.87. The molecule has 1 unspecified atom stereocenters. The zero-order valence-electron chi connectivity index (χ0n) is 21.1. The van der Waals surface area contributed by atoms with Crippen molar-refractivity contribution in [2.75, 3.05) is 13.7 Å². The topological polar surface area (TPSA) is 113 Å². The van der Waals surface area contributed by atoms with E-state index in [2.05, 4.69) is 24.1 Å². The Labute approximate surface area is 206 Å². The molecule has 0 fully saturated rings. The molecule has 35 heavy (non-hydrogen) atoms. The van der Waals surface area contributed by atoms with Gasteiger partial charge >= 0.3 is 11.9 Å². The van der Waals surface area contributed by atoms with Gasteiger partial charge in [-0.3, -0.25) is 9.59 Å². The smallest absolute Gasteiger partial charge is 0.328 e. The Morgan fingerprint density at radius 3 is 2.34 bits per heavy atom. The first-order valence-electron chi connectivity index (χ1n) is 11.6. The van der Waals surface area contributed by atoms with Crippen LogP contribution in [0.3, 0.4) is 0 Å². The van der Waals surface area contributed by atoms with Crippen LogP contribution in [0.2, 0.25) is 0 Å². The van der Waals surface area contributed by atoms with Crippen LogP contribution in [-0.2, 0) is 19.1 Å². The summed E-state index contributed by atoms with van der Waals surface area (Å²) in [5.74, 6) is -1.62. The Bertz CT molecular complexity index is 996. The Balaban J connectivity index is 2.11. The number of methoxy groups -OCH3 is 1. The average Bonchev–Trinajstić information content (AvgIpc) is 2.84. The summed E-state index contributed by atoms with van der Waals surface area (Å²) >= 11 is 0. The molecule has 4 atom stereocenters. The number of carbonyl (C=O) groups excluding carboxylic acids is 3. The third kappa shape index (κ3) is 8.06. The minimum absolute atomic E-state index is 0.128. The van der Waals surface area contributed by atoms with Crippen molar-refractivity contribution in [1.29, 1.82) is 0 Å². The minimum Gasteiger partial charge on any atom is -0.493 e. The van der Waals surface area contributed by atoms with Gasteiger partial charge in [0.2, 0.25) is 5.75 Å². The fraction of sp³-hybridized carbons (Fsp3) is 0.462. The summed E-state index contributed by atoms with van der Waals surface area (Å²) in [7, 11) is 1.37. The van der Waals surface area contributed by atoms with Crippen LogP contribution in [0.5, 0.6) is 11.5 Å². The van der Waals surface area contributed by atoms with Crippen LogP contribution in [0.1, 0.15) is 63.2 Å². The van der Waals surface area contributed by atoms with Gasteiger partial charge in [-0.1, -0.05) is 50.6 Å². The maximum atomic E-state index is 12.8. The summed E-state index contributed by atoms with van der Waals surface area (Å²) in [6.07, 6.45) is 1.23. The Kier molecular flexibility index (Phi) is 10.7. The molecule has 0 saturated heterocycles. The normalized spacial score (nSPS) is 14.2. The van der Waals surface area contributed by atoms with Crippen molar-refractivity contribution < 1.29 is 33.3 Å². The van der Waals surface area contributed by atoms with Gasteiger partial charge in [-0.2, -0.15) is 0 Å². The molecule has 0 spiro atoms. The van der Waals surface area contributed by atoms with E-state index >= 15 is 0 Å². The van der Waals surface area contributed by atoms with Crippen LogP contribution in [0.15, 0.2) is 42.6 Å². The van der Waals surface area contributed by atoms with E-state index < -0.39 is 36.1 Å². The van der Waals surface area contributed by atoms with Gasteiger partial charge in [0.1, 0.15) is 18.2 Å². The van der Waals surface area contributed by atoms with E-state index in [0.717, 1.165) is 12.0 Å². The number of carbonyl (C=O) groups is 3. The fourth-order valence-corrected chi connectivity index (χ4v) is 3.20. The highest BCUT2D eigenvalue weighted by Crippen LogP contribution is 2.30. The number of nitrogens with zero attached hydrogens (tertiary/aromatic N) is 1. The molecule has 1 aromatic carbocycles. The molecular weight excluding hydrogens is 452 g/mol. The summed E-state index contributed by atoms with van der Waals surface area (Å²) in [4.78, 5) is 41.1. The zero-order valence-corrected chi connectivity index (χ0v) is 21.1. The van der Waals surface area contributed by atoms with Gasteiger partial charge in [-0.05, 0) is 25.3 Å². The summed E-state index contributed by atoms with van der Waals surface area (Å²) in [5, 5.41) is 2.54. The molecule has 2 rings (SSSR count). The largest absolute Gasteiger partial charge is 0.493 e. The monoisotopic (exact) mass is 486 g/mol. The third-order valence-corrected chi connectivity index (χ3v) is 5.36. The lowest BCUT2D eigenvalue weighted by Crippen LogP contribution is -2.42. The molecule has 1 heterocycles. The molecule has 9 heteroatoms. The van der Waals surface area contributed by atoms with Gasteiger partial charge in [0.05, 0.1) is 13.7 Å². The van der Waals surface area contributed by atoms with Crippen molar-refractivity contribution >= 4 is 17.8 Å². The van der Waals surface area contributed by atoms with Gasteiger partial charge in [-0.15, -0.1) is 0 Å². The molecule has 0 aliphatic heterocycles. The standard InChI is InChI=1S/C26H34N2O7/c1-7-16(2)15-33-23(20-11-9-8-10-12-20)18(4)34-26(31)17(3)28-25(30)22-24(35-19(5)29)21(32-6)13-14-27-22/h8-14,16-18,23H,7,15H2,1-6H3,(H,28,30)/t16?,17-,18-,23+/m0/s1. The Morgan fingerprint density at radius 1 is 1.06 bits per heavy atom. The number of benzene rings is 1. The van der Waals surface area contributed by atoms with E-state index in [9.17, 15) is 14.4 Å². The fourth-order valence-electron chi connectivity index (χ4n) is 3.20. The van der Waals surface area contributed by atoms with E-state index in [1.165, 1.54) is 33.2 Å². The number of rotatable bonds is 12. The first-order valence-corrected chi connectivity index (χ1v) is 11.6. The molecule has 9 nitrogen and oxygen atoms in total. The Hall–Kier alpha value is -3.46. The van der Waals surface area contributed by atoms with Gasteiger partial charge in [0.25, 0.3) is 5.91 Å². The van der Waals surface area contributed by atoms with E-state index in [-0.39, 0.29) is 17.2 Å². The van der Waals surface area contributed by atoms with Crippen LogP contribution < -0.4 is 14.8 Å². The first kappa shape index (κ1) is 27.8. The summed E-state index contributed by atoms with van der Waals surface area (Å²) in [6, 6.07) is 9.98.